The molecule has 0 radical (unpaired) electrons. The fraction of sp³-hybridized carbons (Fsp3) is 0.304. The van der Waals surface area contributed by atoms with Crippen molar-refractivity contribution in [3.63, 3.8) is 0 Å². The van der Waals surface area contributed by atoms with Crippen molar-refractivity contribution in [2.75, 3.05) is 6.61 Å². The fourth-order valence-electron chi connectivity index (χ4n) is 3.15. The van der Waals surface area contributed by atoms with E-state index in [1.54, 1.807) is 53.4 Å². The lowest BCUT2D eigenvalue weighted by Crippen LogP contribution is -2.36. The maximum Gasteiger partial charge on any atom is 0.261 e. The summed E-state index contributed by atoms with van der Waals surface area (Å²) in [6, 6.07) is 14.1. The van der Waals surface area contributed by atoms with Crippen LogP contribution in [0.5, 0.6) is 5.75 Å². The minimum atomic E-state index is -0.151. The molecule has 1 aliphatic carbocycles. The molecular formula is C23H22ClN3O4. The van der Waals surface area contributed by atoms with Gasteiger partial charge in [-0.3, -0.25) is 9.59 Å². The number of Topliss-reactive ketones (excluding diaryl/α,β-unsaturated/α-hetero) is 1. The Morgan fingerprint density at radius 2 is 1.81 bits per heavy atom. The molecule has 31 heavy (non-hydrogen) atoms. The van der Waals surface area contributed by atoms with E-state index >= 15 is 0 Å². The van der Waals surface area contributed by atoms with E-state index in [1.807, 2.05) is 6.92 Å². The lowest BCUT2D eigenvalue weighted by atomic mass is 10.1. The van der Waals surface area contributed by atoms with Gasteiger partial charge in [-0.1, -0.05) is 18.5 Å². The zero-order valence-electron chi connectivity index (χ0n) is 17.1. The van der Waals surface area contributed by atoms with Crippen molar-refractivity contribution in [2.45, 2.75) is 38.8 Å². The first-order valence-electron chi connectivity index (χ1n) is 10.2. The van der Waals surface area contributed by atoms with E-state index in [9.17, 15) is 9.59 Å². The number of ketones is 1. The third-order valence-corrected chi connectivity index (χ3v) is 5.28. The molecule has 1 aliphatic rings. The highest BCUT2D eigenvalue weighted by molar-refractivity contribution is 6.30. The summed E-state index contributed by atoms with van der Waals surface area (Å²) >= 11 is 5.91. The Balaban J connectivity index is 1.37. The van der Waals surface area contributed by atoms with Crippen LogP contribution in [0, 0.1) is 0 Å². The molecule has 0 spiro atoms. The van der Waals surface area contributed by atoms with Crippen molar-refractivity contribution in [1.82, 2.24) is 15.1 Å². The molecule has 0 atom stereocenters. The zero-order valence-corrected chi connectivity index (χ0v) is 17.8. The highest BCUT2D eigenvalue weighted by Gasteiger charge is 2.34. The summed E-state index contributed by atoms with van der Waals surface area (Å²) in [6.45, 7) is 1.95. The van der Waals surface area contributed by atoms with Crippen LogP contribution in [0.3, 0.4) is 0 Å². The molecule has 1 amide bonds. The highest BCUT2D eigenvalue weighted by atomic mass is 35.5. The molecular weight excluding hydrogens is 418 g/mol. The van der Waals surface area contributed by atoms with Gasteiger partial charge in [0, 0.05) is 28.6 Å². The van der Waals surface area contributed by atoms with Crippen molar-refractivity contribution in [2.24, 2.45) is 0 Å². The summed E-state index contributed by atoms with van der Waals surface area (Å²) in [5.74, 6) is 1.21. The highest BCUT2D eigenvalue weighted by Crippen LogP contribution is 2.29. The Kier molecular flexibility index (Phi) is 6.32. The summed E-state index contributed by atoms with van der Waals surface area (Å²) in [5, 5.41) is 8.78. The molecule has 1 fully saturated rings. The van der Waals surface area contributed by atoms with Gasteiger partial charge >= 0.3 is 0 Å². The van der Waals surface area contributed by atoms with E-state index < -0.39 is 0 Å². The fourth-order valence-corrected chi connectivity index (χ4v) is 3.27. The number of halogens is 1. The van der Waals surface area contributed by atoms with Crippen molar-refractivity contribution in [3.05, 3.63) is 65.0 Å². The van der Waals surface area contributed by atoms with Gasteiger partial charge in [0.25, 0.3) is 5.91 Å². The first-order chi connectivity index (χ1) is 15.0. The molecule has 3 aromatic rings. The van der Waals surface area contributed by atoms with Gasteiger partial charge in [-0.05, 0) is 61.4 Å². The standard InChI is InChI=1S/C23H22ClN3O4/c1-2-20(28)15-5-11-19(12-6-15)30-14-22(29)27(18-9-10-18)13-21-25-26-23(31-21)16-3-7-17(24)8-4-16/h3-8,11-12,18H,2,9-10,13-14H2,1H3. The molecule has 7 nitrogen and oxygen atoms in total. The molecule has 0 unspecified atom stereocenters. The normalized spacial score (nSPS) is 13.1. The van der Waals surface area contributed by atoms with E-state index in [1.165, 1.54) is 0 Å². The van der Waals surface area contributed by atoms with Crippen LogP contribution in [0.15, 0.2) is 52.9 Å². The Morgan fingerprint density at radius 3 is 2.45 bits per heavy atom. The number of aromatic nitrogens is 2. The van der Waals surface area contributed by atoms with Crippen LogP contribution in [0.25, 0.3) is 11.5 Å². The monoisotopic (exact) mass is 439 g/mol. The van der Waals surface area contributed by atoms with Crippen molar-refractivity contribution < 1.29 is 18.7 Å². The molecule has 0 aliphatic heterocycles. The van der Waals surface area contributed by atoms with Crippen LogP contribution in [-0.4, -0.2) is 39.4 Å². The lowest BCUT2D eigenvalue weighted by Gasteiger charge is -2.20. The van der Waals surface area contributed by atoms with Gasteiger partial charge < -0.3 is 14.1 Å². The van der Waals surface area contributed by atoms with Crippen LogP contribution in [0.2, 0.25) is 5.02 Å². The number of nitrogens with zero attached hydrogens (tertiary/aromatic N) is 3. The van der Waals surface area contributed by atoms with Gasteiger partial charge in [0.2, 0.25) is 11.8 Å². The van der Waals surface area contributed by atoms with Gasteiger partial charge in [-0.2, -0.15) is 0 Å². The van der Waals surface area contributed by atoms with E-state index in [0.29, 0.717) is 34.5 Å². The van der Waals surface area contributed by atoms with Gasteiger partial charge in [-0.15, -0.1) is 10.2 Å². The summed E-state index contributed by atoms with van der Waals surface area (Å²) in [6.07, 6.45) is 2.33. The van der Waals surface area contributed by atoms with Gasteiger partial charge in [-0.25, -0.2) is 0 Å². The average Bonchev–Trinajstić information content (AvgIpc) is 3.53. The molecule has 2 aromatic carbocycles. The number of hydrogen-bond donors (Lipinski definition) is 0. The van der Waals surface area contributed by atoms with Crippen LogP contribution in [0.4, 0.5) is 0 Å². The van der Waals surface area contributed by atoms with Gasteiger partial charge in [0.1, 0.15) is 5.75 Å². The van der Waals surface area contributed by atoms with E-state index in [4.69, 9.17) is 20.8 Å². The molecule has 8 heteroatoms. The quantitative estimate of drug-likeness (QED) is 0.454. The summed E-state index contributed by atoms with van der Waals surface area (Å²) in [7, 11) is 0. The number of rotatable bonds is 9. The van der Waals surface area contributed by atoms with E-state index in [-0.39, 0.29) is 30.9 Å². The minimum absolute atomic E-state index is 0.0695. The summed E-state index contributed by atoms with van der Waals surface area (Å²) < 4.78 is 11.4. The first kappa shape index (κ1) is 21.1. The topological polar surface area (TPSA) is 85.5 Å². The van der Waals surface area contributed by atoms with Gasteiger partial charge in [0.15, 0.2) is 12.4 Å². The number of carbonyl (C=O) groups is 2. The number of amides is 1. The average molecular weight is 440 g/mol. The molecule has 160 valence electrons. The van der Waals surface area contributed by atoms with Crippen LogP contribution < -0.4 is 4.74 Å². The smallest absolute Gasteiger partial charge is 0.261 e. The first-order valence-corrected chi connectivity index (χ1v) is 10.5. The van der Waals surface area contributed by atoms with Crippen molar-refractivity contribution >= 4 is 23.3 Å². The Hall–Kier alpha value is -3.19. The van der Waals surface area contributed by atoms with Crippen molar-refractivity contribution in [3.8, 4) is 17.2 Å². The second kappa shape index (κ2) is 9.31. The SMILES string of the molecule is CCC(=O)c1ccc(OCC(=O)N(Cc2nnc(-c3ccc(Cl)cc3)o2)C2CC2)cc1. The second-order valence-corrected chi connectivity index (χ2v) is 7.79. The Morgan fingerprint density at radius 1 is 1.10 bits per heavy atom. The molecule has 1 heterocycles. The third-order valence-electron chi connectivity index (χ3n) is 5.03. The van der Waals surface area contributed by atoms with Crippen LogP contribution >= 0.6 is 11.6 Å². The Bertz CT molecular complexity index is 1060. The maximum absolute atomic E-state index is 12.8. The summed E-state index contributed by atoms with van der Waals surface area (Å²) in [5.41, 5.74) is 1.40. The van der Waals surface area contributed by atoms with Gasteiger partial charge in [0.05, 0.1) is 6.54 Å². The molecule has 4 rings (SSSR count). The molecule has 0 N–H and O–H groups in total. The molecule has 0 bridgehead atoms. The third kappa shape index (κ3) is 5.30. The minimum Gasteiger partial charge on any atom is -0.484 e. The maximum atomic E-state index is 12.8. The zero-order chi connectivity index (χ0) is 21.8. The van der Waals surface area contributed by atoms with E-state index in [0.717, 1.165) is 18.4 Å². The molecule has 1 aromatic heterocycles. The lowest BCUT2D eigenvalue weighted by molar-refractivity contribution is -0.134. The Labute approximate surface area is 185 Å². The number of ether oxygens (including phenoxy) is 1. The largest absolute Gasteiger partial charge is 0.484 e. The molecule has 1 saturated carbocycles. The number of carbonyl (C=O) groups excluding carboxylic acids is 2. The van der Waals surface area contributed by atoms with Crippen LogP contribution in [-0.2, 0) is 11.3 Å². The van der Waals surface area contributed by atoms with Crippen LogP contribution in [0.1, 0.15) is 42.4 Å². The second-order valence-electron chi connectivity index (χ2n) is 7.35. The summed E-state index contributed by atoms with van der Waals surface area (Å²) in [4.78, 5) is 26.2. The number of hydrogen-bond acceptors (Lipinski definition) is 6. The molecule has 0 saturated heterocycles. The van der Waals surface area contributed by atoms with Crippen molar-refractivity contribution in [1.29, 1.82) is 0 Å². The predicted octanol–water partition coefficient (Wildman–Crippen LogP) is 4.55. The number of benzene rings is 2. The van der Waals surface area contributed by atoms with E-state index in [2.05, 4.69) is 10.2 Å². The predicted molar refractivity (Wildman–Crippen MR) is 115 cm³/mol.